The van der Waals surface area contributed by atoms with Gasteiger partial charge in [0.2, 0.25) is 5.91 Å². The lowest BCUT2D eigenvalue weighted by molar-refractivity contribution is -0.143. The molecule has 0 spiro atoms. The second-order valence-corrected chi connectivity index (χ2v) is 20.3. The van der Waals surface area contributed by atoms with Gasteiger partial charge in [-0.3, -0.25) is 9.59 Å². The lowest BCUT2D eigenvalue weighted by Crippen LogP contribution is -2.45. The standard InChI is InChI=1S/C60H115NO5/c1-3-5-7-9-11-13-15-17-18-19-22-25-29-32-36-40-44-48-52-58(63)57(56-62)61-59(64)53-49-45-41-37-33-30-26-23-20-21-24-27-31-35-39-43-47-51-55-66-60(65)54-50-46-42-38-34-28-16-14-12-10-8-6-4-2/h23,26,48,52,57-58,62-63H,3-22,24-25,27-47,49-51,53-56H2,1-2H3,(H,61,64)/b26-23-,52-48+. The van der Waals surface area contributed by atoms with Crippen LogP contribution in [0.15, 0.2) is 24.3 Å². The number of ether oxygens (including phenoxy) is 1. The van der Waals surface area contributed by atoms with Crippen LogP contribution < -0.4 is 5.32 Å². The highest BCUT2D eigenvalue weighted by Crippen LogP contribution is 2.17. The van der Waals surface area contributed by atoms with Crippen molar-refractivity contribution in [3.05, 3.63) is 24.3 Å². The summed E-state index contributed by atoms with van der Waals surface area (Å²) < 4.78 is 5.47. The van der Waals surface area contributed by atoms with Gasteiger partial charge in [0.15, 0.2) is 0 Å². The number of rotatable bonds is 55. The summed E-state index contributed by atoms with van der Waals surface area (Å²) in [6.07, 6.45) is 67.7. The number of unbranched alkanes of at least 4 members (excludes halogenated alkanes) is 42. The smallest absolute Gasteiger partial charge is 0.305 e. The number of esters is 1. The van der Waals surface area contributed by atoms with Crippen molar-refractivity contribution in [2.45, 2.75) is 334 Å². The van der Waals surface area contributed by atoms with Crippen LogP contribution in [-0.4, -0.2) is 47.4 Å². The number of aliphatic hydroxyl groups is 2. The van der Waals surface area contributed by atoms with E-state index >= 15 is 0 Å². The van der Waals surface area contributed by atoms with E-state index < -0.39 is 12.1 Å². The SMILES string of the molecule is CCCCCCCCCCCCCCCCCC/C=C/C(O)C(CO)NC(=O)CCCCCCC/C=C\CCCCCCCCCCCOC(=O)CCCCCCCCCCCCCCC. The second-order valence-electron chi connectivity index (χ2n) is 20.3. The second kappa shape index (κ2) is 55.9. The molecule has 0 aliphatic rings. The van der Waals surface area contributed by atoms with Gasteiger partial charge in [0.25, 0.3) is 0 Å². The number of amides is 1. The monoisotopic (exact) mass is 930 g/mol. The molecule has 66 heavy (non-hydrogen) atoms. The van der Waals surface area contributed by atoms with Gasteiger partial charge in [-0.25, -0.2) is 0 Å². The zero-order valence-electron chi connectivity index (χ0n) is 44.4. The number of carbonyl (C=O) groups excluding carboxylic acids is 2. The van der Waals surface area contributed by atoms with Crippen molar-refractivity contribution in [2.24, 2.45) is 0 Å². The van der Waals surface area contributed by atoms with Crippen LogP contribution in [0.4, 0.5) is 0 Å². The minimum Gasteiger partial charge on any atom is -0.466 e. The summed E-state index contributed by atoms with van der Waals surface area (Å²) in [6, 6.07) is -0.638. The molecule has 390 valence electrons. The van der Waals surface area contributed by atoms with Gasteiger partial charge in [0, 0.05) is 12.8 Å². The maximum absolute atomic E-state index is 12.5. The Balaban J connectivity index is 3.48. The van der Waals surface area contributed by atoms with E-state index in [2.05, 4.69) is 31.3 Å². The Bertz CT molecular complexity index is 1030. The molecule has 0 aromatic rings. The Morgan fingerprint density at radius 1 is 0.409 bits per heavy atom. The highest BCUT2D eigenvalue weighted by Gasteiger charge is 2.18. The molecule has 0 rings (SSSR count). The third-order valence-electron chi connectivity index (χ3n) is 13.7. The summed E-state index contributed by atoms with van der Waals surface area (Å²) in [5.74, 6) is -0.0762. The lowest BCUT2D eigenvalue weighted by atomic mass is 10.0. The number of nitrogens with one attached hydrogen (secondary N) is 1. The molecule has 2 atom stereocenters. The van der Waals surface area contributed by atoms with Crippen LogP contribution in [0.25, 0.3) is 0 Å². The fourth-order valence-electron chi connectivity index (χ4n) is 9.16. The number of hydrogen-bond donors (Lipinski definition) is 3. The van der Waals surface area contributed by atoms with Crippen molar-refractivity contribution in [3.63, 3.8) is 0 Å². The molecular formula is C60H115NO5. The molecule has 3 N–H and O–H groups in total. The number of carbonyl (C=O) groups is 2. The van der Waals surface area contributed by atoms with Crippen LogP contribution in [0.3, 0.4) is 0 Å². The quantitative estimate of drug-likeness (QED) is 0.0321. The van der Waals surface area contributed by atoms with Crippen LogP contribution in [0.2, 0.25) is 0 Å². The Hall–Kier alpha value is -1.66. The first-order valence-electron chi connectivity index (χ1n) is 29.6. The summed E-state index contributed by atoms with van der Waals surface area (Å²) >= 11 is 0. The summed E-state index contributed by atoms with van der Waals surface area (Å²) in [7, 11) is 0. The lowest BCUT2D eigenvalue weighted by Gasteiger charge is -2.20. The largest absolute Gasteiger partial charge is 0.466 e. The van der Waals surface area contributed by atoms with Gasteiger partial charge in [-0.15, -0.1) is 0 Å². The number of allylic oxidation sites excluding steroid dienone is 3. The normalized spacial score (nSPS) is 12.7. The molecule has 2 unspecified atom stereocenters. The van der Waals surface area contributed by atoms with Gasteiger partial charge in [-0.05, 0) is 57.8 Å². The van der Waals surface area contributed by atoms with E-state index in [0.29, 0.717) is 19.4 Å². The predicted molar refractivity (Wildman–Crippen MR) is 287 cm³/mol. The Morgan fingerprint density at radius 3 is 1.08 bits per heavy atom. The molecule has 6 nitrogen and oxygen atoms in total. The van der Waals surface area contributed by atoms with Crippen LogP contribution in [0, 0.1) is 0 Å². The molecule has 0 aromatic carbocycles. The Morgan fingerprint density at radius 2 is 0.712 bits per heavy atom. The summed E-state index contributed by atoms with van der Waals surface area (Å²) in [6.45, 7) is 4.91. The van der Waals surface area contributed by atoms with Gasteiger partial charge in [-0.2, -0.15) is 0 Å². The fourth-order valence-corrected chi connectivity index (χ4v) is 9.16. The van der Waals surface area contributed by atoms with Gasteiger partial charge < -0.3 is 20.3 Å². The van der Waals surface area contributed by atoms with Gasteiger partial charge >= 0.3 is 5.97 Å². The molecule has 1 amide bonds. The van der Waals surface area contributed by atoms with Gasteiger partial charge in [-0.1, -0.05) is 276 Å². The summed E-state index contributed by atoms with van der Waals surface area (Å²) in [5.41, 5.74) is 0. The van der Waals surface area contributed by atoms with E-state index in [1.54, 1.807) is 6.08 Å². The molecule has 0 radical (unpaired) electrons. The first-order chi connectivity index (χ1) is 32.5. The van der Waals surface area contributed by atoms with E-state index in [4.69, 9.17) is 4.74 Å². The van der Waals surface area contributed by atoms with E-state index in [-0.39, 0.29) is 18.5 Å². The average molecular weight is 931 g/mol. The molecule has 0 aliphatic carbocycles. The minimum absolute atomic E-state index is 0.00390. The third kappa shape index (κ3) is 51.7. The maximum Gasteiger partial charge on any atom is 0.305 e. The van der Waals surface area contributed by atoms with Crippen LogP contribution in [0.5, 0.6) is 0 Å². The average Bonchev–Trinajstić information content (AvgIpc) is 3.32. The molecule has 0 saturated heterocycles. The third-order valence-corrected chi connectivity index (χ3v) is 13.7. The zero-order chi connectivity index (χ0) is 47.9. The minimum atomic E-state index is -0.853. The number of hydrogen-bond acceptors (Lipinski definition) is 5. The van der Waals surface area contributed by atoms with Crippen molar-refractivity contribution in [1.29, 1.82) is 0 Å². The maximum atomic E-state index is 12.5. The van der Waals surface area contributed by atoms with Crippen LogP contribution in [-0.2, 0) is 14.3 Å². The van der Waals surface area contributed by atoms with E-state index in [0.717, 1.165) is 57.8 Å². The van der Waals surface area contributed by atoms with Crippen LogP contribution >= 0.6 is 0 Å². The fraction of sp³-hybridized carbons (Fsp3) is 0.900. The Kier molecular flexibility index (Phi) is 54.5. The molecule has 0 saturated carbocycles. The number of aliphatic hydroxyl groups excluding tert-OH is 2. The van der Waals surface area contributed by atoms with Gasteiger partial charge in [0.05, 0.1) is 25.4 Å². The van der Waals surface area contributed by atoms with Crippen molar-refractivity contribution in [3.8, 4) is 0 Å². The molecule has 0 fully saturated rings. The van der Waals surface area contributed by atoms with Crippen molar-refractivity contribution < 1.29 is 24.5 Å². The van der Waals surface area contributed by atoms with Crippen molar-refractivity contribution in [1.82, 2.24) is 5.32 Å². The molecular weight excluding hydrogens is 815 g/mol. The van der Waals surface area contributed by atoms with Gasteiger partial charge in [0.1, 0.15) is 0 Å². The molecule has 0 heterocycles. The first-order valence-corrected chi connectivity index (χ1v) is 29.6. The summed E-state index contributed by atoms with van der Waals surface area (Å²) in [5, 5.41) is 23.1. The van der Waals surface area contributed by atoms with E-state index in [9.17, 15) is 19.8 Å². The zero-order valence-corrected chi connectivity index (χ0v) is 44.4. The predicted octanol–water partition coefficient (Wildman–Crippen LogP) is 18.2. The topological polar surface area (TPSA) is 95.9 Å². The van der Waals surface area contributed by atoms with Crippen LogP contribution in [0.1, 0.15) is 322 Å². The highest BCUT2D eigenvalue weighted by molar-refractivity contribution is 5.76. The van der Waals surface area contributed by atoms with Crippen molar-refractivity contribution >= 4 is 11.9 Å². The molecule has 0 aliphatic heterocycles. The molecule has 0 aromatic heterocycles. The van der Waals surface area contributed by atoms with E-state index in [1.165, 1.54) is 238 Å². The first kappa shape index (κ1) is 64.3. The Labute approximate surface area is 411 Å². The highest BCUT2D eigenvalue weighted by atomic mass is 16.5. The molecule has 6 heteroatoms. The van der Waals surface area contributed by atoms with Crippen molar-refractivity contribution in [2.75, 3.05) is 13.2 Å². The van der Waals surface area contributed by atoms with E-state index in [1.807, 2.05) is 6.08 Å². The molecule has 0 bridgehead atoms. The summed E-state index contributed by atoms with van der Waals surface area (Å²) in [4.78, 5) is 24.5.